The summed E-state index contributed by atoms with van der Waals surface area (Å²) < 4.78 is 5.66. The van der Waals surface area contributed by atoms with Gasteiger partial charge in [-0.1, -0.05) is 6.92 Å². The molecule has 4 nitrogen and oxygen atoms in total. The Hall–Kier alpha value is -0.870. The van der Waals surface area contributed by atoms with Crippen LogP contribution < -0.4 is 4.90 Å². The van der Waals surface area contributed by atoms with E-state index >= 15 is 0 Å². The number of nitrogens with zero attached hydrogens (tertiary/aromatic N) is 3. The zero-order valence-corrected chi connectivity index (χ0v) is 11.9. The molecule has 2 heterocycles. The molecule has 100 valence electrons. The third kappa shape index (κ3) is 2.93. The molecule has 1 aromatic rings. The molecule has 1 aliphatic heterocycles. The molecule has 0 spiro atoms. The normalized spacial score (nSPS) is 24.3. The summed E-state index contributed by atoms with van der Waals surface area (Å²) >= 11 is 5.89. The zero-order valence-electron chi connectivity index (χ0n) is 11.2. The summed E-state index contributed by atoms with van der Waals surface area (Å²) in [5, 5.41) is 0. The SMILES string of the molecule is CCc1nc(C)cc(N2CC(CCl)OCC2C)n1. The van der Waals surface area contributed by atoms with E-state index in [1.807, 2.05) is 13.0 Å². The fourth-order valence-electron chi connectivity index (χ4n) is 2.15. The van der Waals surface area contributed by atoms with Crippen LogP contribution in [0.25, 0.3) is 0 Å². The monoisotopic (exact) mass is 269 g/mol. The summed E-state index contributed by atoms with van der Waals surface area (Å²) in [4.78, 5) is 11.3. The number of hydrogen-bond donors (Lipinski definition) is 0. The lowest BCUT2D eigenvalue weighted by Crippen LogP contribution is -2.49. The zero-order chi connectivity index (χ0) is 13.1. The number of aromatic nitrogens is 2. The topological polar surface area (TPSA) is 38.2 Å². The molecule has 0 amide bonds. The van der Waals surface area contributed by atoms with Crippen molar-refractivity contribution >= 4 is 17.4 Å². The number of ether oxygens (including phenoxy) is 1. The molecule has 0 N–H and O–H groups in total. The molecule has 0 radical (unpaired) electrons. The Kier molecular flexibility index (Phi) is 4.40. The van der Waals surface area contributed by atoms with Crippen molar-refractivity contribution in [3.05, 3.63) is 17.6 Å². The molecule has 1 fully saturated rings. The van der Waals surface area contributed by atoms with Crippen LogP contribution in [0.4, 0.5) is 5.82 Å². The second-order valence-corrected chi connectivity index (χ2v) is 5.06. The number of alkyl halides is 1. The number of morpholine rings is 1. The molecule has 2 rings (SSSR count). The van der Waals surface area contributed by atoms with Crippen molar-refractivity contribution in [3.63, 3.8) is 0 Å². The summed E-state index contributed by atoms with van der Waals surface area (Å²) in [5.74, 6) is 2.41. The number of hydrogen-bond acceptors (Lipinski definition) is 4. The lowest BCUT2D eigenvalue weighted by atomic mass is 10.2. The summed E-state index contributed by atoms with van der Waals surface area (Å²) in [6, 6.07) is 2.36. The van der Waals surface area contributed by atoms with E-state index in [2.05, 4.69) is 28.7 Å². The third-order valence-electron chi connectivity index (χ3n) is 3.18. The van der Waals surface area contributed by atoms with Crippen LogP contribution in [0.5, 0.6) is 0 Å². The van der Waals surface area contributed by atoms with Crippen LogP contribution in [-0.4, -0.2) is 41.1 Å². The summed E-state index contributed by atoms with van der Waals surface area (Å²) in [6.07, 6.45) is 0.940. The van der Waals surface area contributed by atoms with Gasteiger partial charge in [0.2, 0.25) is 0 Å². The Morgan fingerprint density at radius 3 is 2.94 bits per heavy atom. The van der Waals surface area contributed by atoms with Gasteiger partial charge in [-0.05, 0) is 13.8 Å². The molecule has 2 unspecified atom stereocenters. The molecule has 1 saturated heterocycles. The Balaban J connectivity index is 2.25. The van der Waals surface area contributed by atoms with E-state index in [1.165, 1.54) is 0 Å². The molecule has 0 aromatic carbocycles. The molecule has 5 heteroatoms. The van der Waals surface area contributed by atoms with Crippen molar-refractivity contribution in [3.8, 4) is 0 Å². The molecule has 0 aliphatic carbocycles. The standard InChI is InChI=1S/C13H20ClN3O/c1-4-12-15-9(2)5-13(16-12)17-7-11(6-14)18-8-10(17)3/h5,10-11H,4,6-8H2,1-3H3. The predicted octanol–water partition coefficient (Wildman–Crippen LogP) is 2.18. The first-order valence-corrected chi connectivity index (χ1v) is 6.96. The van der Waals surface area contributed by atoms with Gasteiger partial charge in [0.25, 0.3) is 0 Å². The minimum Gasteiger partial charge on any atom is -0.373 e. The maximum atomic E-state index is 5.89. The minimum absolute atomic E-state index is 0.0863. The number of rotatable bonds is 3. The van der Waals surface area contributed by atoms with Gasteiger partial charge >= 0.3 is 0 Å². The number of anilines is 1. The van der Waals surface area contributed by atoms with Crippen LogP contribution >= 0.6 is 11.6 Å². The average Bonchev–Trinajstić information content (AvgIpc) is 2.38. The van der Waals surface area contributed by atoms with Crippen molar-refractivity contribution < 1.29 is 4.74 Å². The average molecular weight is 270 g/mol. The fourth-order valence-corrected chi connectivity index (χ4v) is 2.33. The third-order valence-corrected chi connectivity index (χ3v) is 3.52. The van der Waals surface area contributed by atoms with E-state index in [0.717, 1.165) is 30.3 Å². The van der Waals surface area contributed by atoms with Gasteiger partial charge in [-0.3, -0.25) is 0 Å². The lowest BCUT2D eigenvalue weighted by Gasteiger charge is -2.38. The Bertz CT molecular complexity index is 413. The van der Waals surface area contributed by atoms with Crippen LogP contribution in [-0.2, 0) is 11.2 Å². The molecule has 18 heavy (non-hydrogen) atoms. The van der Waals surface area contributed by atoms with Gasteiger partial charge in [0, 0.05) is 24.7 Å². The lowest BCUT2D eigenvalue weighted by molar-refractivity contribution is 0.0361. The highest BCUT2D eigenvalue weighted by atomic mass is 35.5. The second-order valence-electron chi connectivity index (χ2n) is 4.75. The van der Waals surface area contributed by atoms with Crippen LogP contribution in [0.1, 0.15) is 25.4 Å². The predicted molar refractivity (Wildman–Crippen MR) is 73.4 cm³/mol. The summed E-state index contributed by atoms with van der Waals surface area (Å²) in [5.41, 5.74) is 1.01. The van der Waals surface area contributed by atoms with E-state index in [4.69, 9.17) is 16.3 Å². The van der Waals surface area contributed by atoms with E-state index in [1.54, 1.807) is 0 Å². The highest BCUT2D eigenvalue weighted by molar-refractivity contribution is 6.18. The van der Waals surface area contributed by atoms with Crippen molar-refractivity contribution in [1.29, 1.82) is 0 Å². The Morgan fingerprint density at radius 1 is 1.50 bits per heavy atom. The van der Waals surface area contributed by atoms with E-state index in [9.17, 15) is 0 Å². The maximum Gasteiger partial charge on any atom is 0.132 e. The Labute approximate surface area is 113 Å². The molecule has 2 atom stereocenters. The first-order valence-electron chi connectivity index (χ1n) is 6.42. The number of halogens is 1. The first-order chi connectivity index (χ1) is 8.63. The molecular formula is C13H20ClN3O. The van der Waals surface area contributed by atoms with Gasteiger partial charge in [-0.25, -0.2) is 9.97 Å². The van der Waals surface area contributed by atoms with Crippen molar-refractivity contribution in [2.45, 2.75) is 39.3 Å². The van der Waals surface area contributed by atoms with Gasteiger partial charge in [-0.2, -0.15) is 0 Å². The quantitative estimate of drug-likeness (QED) is 0.789. The molecule has 1 aromatic heterocycles. The van der Waals surface area contributed by atoms with Crippen LogP contribution in [0, 0.1) is 6.92 Å². The van der Waals surface area contributed by atoms with Gasteiger partial charge in [-0.15, -0.1) is 11.6 Å². The highest BCUT2D eigenvalue weighted by Gasteiger charge is 2.26. The van der Waals surface area contributed by atoms with E-state index < -0.39 is 0 Å². The number of aryl methyl sites for hydroxylation is 2. The molecule has 0 saturated carbocycles. The molecule has 1 aliphatic rings. The van der Waals surface area contributed by atoms with Gasteiger partial charge in [0.05, 0.1) is 24.6 Å². The summed E-state index contributed by atoms with van der Waals surface area (Å²) in [7, 11) is 0. The van der Waals surface area contributed by atoms with Gasteiger partial charge < -0.3 is 9.64 Å². The fraction of sp³-hybridized carbons (Fsp3) is 0.692. The van der Waals surface area contributed by atoms with Crippen molar-refractivity contribution in [2.75, 3.05) is 23.9 Å². The van der Waals surface area contributed by atoms with Crippen LogP contribution in [0.15, 0.2) is 6.07 Å². The largest absolute Gasteiger partial charge is 0.373 e. The van der Waals surface area contributed by atoms with Gasteiger partial charge in [0.1, 0.15) is 11.6 Å². The molecular weight excluding hydrogens is 250 g/mol. The minimum atomic E-state index is 0.0863. The maximum absolute atomic E-state index is 5.89. The van der Waals surface area contributed by atoms with E-state index in [0.29, 0.717) is 18.5 Å². The highest BCUT2D eigenvalue weighted by Crippen LogP contribution is 2.21. The molecule has 0 bridgehead atoms. The van der Waals surface area contributed by atoms with E-state index in [-0.39, 0.29) is 6.10 Å². The second kappa shape index (κ2) is 5.85. The van der Waals surface area contributed by atoms with Crippen molar-refractivity contribution in [1.82, 2.24) is 9.97 Å². The van der Waals surface area contributed by atoms with Gasteiger partial charge in [0.15, 0.2) is 0 Å². The first kappa shape index (κ1) is 13.6. The van der Waals surface area contributed by atoms with Crippen LogP contribution in [0.2, 0.25) is 0 Å². The van der Waals surface area contributed by atoms with Crippen LogP contribution in [0.3, 0.4) is 0 Å². The smallest absolute Gasteiger partial charge is 0.132 e. The summed E-state index contributed by atoms with van der Waals surface area (Å²) in [6.45, 7) is 7.72. The Morgan fingerprint density at radius 2 is 2.28 bits per heavy atom. The van der Waals surface area contributed by atoms with Crippen molar-refractivity contribution in [2.24, 2.45) is 0 Å².